The van der Waals surface area contributed by atoms with Crippen LogP contribution in [0.4, 0.5) is 26.3 Å². The fraction of sp³-hybridized carbons (Fsp3) is 0.333. The molecule has 1 aliphatic carbocycles. The Labute approximate surface area is 183 Å². The number of hydrogen-bond acceptors (Lipinski definition) is 4. The number of allylic oxidation sites excluding steroid dienone is 4. The summed E-state index contributed by atoms with van der Waals surface area (Å²) in [7, 11) is 0. The third kappa shape index (κ3) is 5.15. The van der Waals surface area contributed by atoms with Gasteiger partial charge >= 0.3 is 12.4 Å². The van der Waals surface area contributed by atoms with Gasteiger partial charge in [-0.3, -0.25) is 9.78 Å². The Hall–Kier alpha value is -3.44. The van der Waals surface area contributed by atoms with E-state index < -0.39 is 30.3 Å². The molecule has 1 aliphatic heterocycles. The molecule has 0 spiro atoms. The second kappa shape index (κ2) is 8.49. The fourth-order valence-corrected chi connectivity index (χ4v) is 3.54. The van der Waals surface area contributed by atoms with Crippen LogP contribution in [0.15, 0.2) is 54.5 Å². The van der Waals surface area contributed by atoms with Crippen LogP contribution in [-0.4, -0.2) is 56.0 Å². The number of pyridine rings is 1. The summed E-state index contributed by atoms with van der Waals surface area (Å²) in [5.41, 5.74) is -0.796. The van der Waals surface area contributed by atoms with E-state index in [1.54, 1.807) is 17.2 Å². The van der Waals surface area contributed by atoms with E-state index in [0.717, 1.165) is 16.7 Å². The molecule has 1 fully saturated rings. The monoisotopic (exact) mass is 469 g/mol. The average Bonchev–Trinajstić information content (AvgIpc) is 3.19. The smallest absolute Gasteiger partial charge is 0.338 e. The number of carbonyl (C=O) groups excluding carboxylic acids is 1. The number of rotatable bonds is 4. The lowest BCUT2D eigenvalue weighted by Gasteiger charge is -2.38. The number of aromatic nitrogens is 4. The van der Waals surface area contributed by atoms with Gasteiger partial charge in [-0.15, -0.1) is 5.10 Å². The van der Waals surface area contributed by atoms with Crippen LogP contribution in [0.25, 0.3) is 11.8 Å². The van der Waals surface area contributed by atoms with E-state index >= 15 is 0 Å². The number of amides is 1. The van der Waals surface area contributed by atoms with Crippen molar-refractivity contribution in [2.24, 2.45) is 5.92 Å². The molecule has 1 unspecified atom stereocenters. The first-order valence-electron chi connectivity index (χ1n) is 9.86. The van der Waals surface area contributed by atoms with Gasteiger partial charge < -0.3 is 4.90 Å². The summed E-state index contributed by atoms with van der Waals surface area (Å²) in [5.74, 6) is -2.78. The zero-order valence-electron chi connectivity index (χ0n) is 16.9. The summed E-state index contributed by atoms with van der Waals surface area (Å²) < 4.78 is 79.7. The number of likely N-dealkylation sites (tertiary alicyclic amines) is 1. The molecule has 1 saturated heterocycles. The minimum absolute atomic E-state index is 0.135. The largest absolute Gasteiger partial charge is 0.412 e. The highest BCUT2D eigenvalue weighted by molar-refractivity contribution is 5.90. The molecule has 2 aliphatic rings. The maximum atomic E-state index is 13.1. The maximum absolute atomic E-state index is 13.1. The predicted molar refractivity (Wildman–Crippen MR) is 105 cm³/mol. The highest BCUT2D eigenvalue weighted by Gasteiger charge is 2.45. The van der Waals surface area contributed by atoms with Crippen molar-refractivity contribution in [2.75, 3.05) is 13.1 Å². The Morgan fingerprint density at radius 1 is 1.09 bits per heavy atom. The summed E-state index contributed by atoms with van der Waals surface area (Å²) >= 11 is 0. The molecule has 6 nitrogen and oxygen atoms in total. The van der Waals surface area contributed by atoms with Crippen LogP contribution in [0.2, 0.25) is 0 Å². The molecule has 4 rings (SSSR count). The predicted octanol–water partition coefficient (Wildman–Crippen LogP) is 4.22. The van der Waals surface area contributed by atoms with Crippen molar-refractivity contribution in [3.63, 3.8) is 0 Å². The molecule has 3 heterocycles. The summed E-state index contributed by atoms with van der Waals surface area (Å²) in [4.78, 5) is 21.9. The van der Waals surface area contributed by atoms with Crippen LogP contribution in [0, 0.1) is 5.92 Å². The summed E-state index contributed by atoms with van der Waals surface area (Å²) in [6.07, 6.45) is -4.41. The number of halogens is 6. The number of alkyl halides is 6. The van der Waals surface area contributed by atoms with Crippen molar-refractivity contribution in [2.45, 2.75) is 24.7 Å². The first-order chi connectivity index (χ1) is 15.5. The second-order valence-corrected chi connectivity index (χ2v) is 7.70. The zero-order chi connectivity index (χ0) is 23.8. The molecular formula is C21H17F6N5O. The molecule has 1 amide bonds. The van der Waals surface area contributed by atoms with Gasteiger partial charge in [0.05, 0.1) is 5.92 Å². The Morgan fingerprint density at radius 3 is 2.48 bits per heavy atom. The standard InChI is InChI=1S/C21H17F6N5O/c22-20(23,24)15-7-13(8-16(9-15)21(25,26)27)19-29-12-32(30-19)6-4-18(33)31-10-14(11-31)17-3-1-2-5-28-17/h1-8,12,14-15H,9-11H2/b6-4-. The fourth-order valence-electron chi connectivity index (χ4n) is 3.54. The van der Waals surface area contributed by atoms with Crippen molar-refractivity contribution in [3.05, 3.63) is 66.0 Å². The van der Waals surface area contributed by atoms with E-state index in [1.165, 1.54) is 12.3 Å². The van der Waals surface area contributed by atoms with E-state index in [2.05, 4.69) is 15.1 Å². The summed E-state index contributed by atoms with van der Waals surface area (Å²) in [6.45, 7) is 0.971. The van der Waals surface area contributed by atoms with Crippen LogP contribution in [0.3, 0.4) is 0 Å². The van der Waals surface area contributed by atoms with Gasteiger partial charge in [0.25, 0.3) is 0 Å². The number of carbonyl (C=O) groups is 1. The number of hydrogen-bond donors (Lipinski definition) is 0. The van der Waals surface area contributed by atoms with Gasteiger partial charge in [0, 0.05) is 54.3 Å². The quantitative estimate of drug-likeness (QED) is 0.497. The molecule has 2 aromatic rings. The lowest BCUT2D eigenvalue weighted by molar-refractivity contribution is -0.165. The molecule has 33 heavy (non-hydrogen) atoms. The minimum Gasteiger partial charge on any atom is -0.338 e. The average molecular weight is 469 g/mol. The lowest BCUT2D eigenvalue weighted by atomic mass is 9.89. The minimum atomic E-state index is -4.90. The Morgan fingerprint density at radius 2 is 1.85 bits per heavy atom. The van der Waals surface area contributed by atoms with Crippen molar-refractivity contribution < 1.29 is 31.1 Å². The van der Waals surface area contributed by atoms with Crippen molar-refractivity contribution in [3.8, 4) is 0 Å². The number of nitrogens with zero attached hydrogens (tertiary/aromatic N) is 5. The molecule has 2 aromatic heterocycles. The molecule has 0 N–H and O–H groups in total. The van der Waals surface area contributed by atoms with E-state index in [4.69, 9.17) is 0 Å². The van der Waals surface area contributed by atoms with Crippen molar-refractivity contribution in [1.29, 1.82) is 0 Å². The van der Waals surface area contributed by atoms with Gasteiger partial charge in [0.2, 0.25) is 5.91 Å². The van der Waals surface area contributed by atoms with Gasteiger partial charge in [-0.05, 0) is 24.6 Å². The first kappa shape index (κ1) is 22.7. The first-order valence-corrected chi connectivity index (χ1v) is 9.86. The molecule has 174 valence electrons. The van der Waals surface area contributed by atoms with Crippen LogP contribution in [0.1, 0.15) is 23.9 Å². The third-order valence-electron chi connectivity index (χ3n) is 5.37. The van der Waals surface area contributed by atoms with Crippen LogP contribution < -0.4 is 0 Å². The SMILES string of the molecule is O=C(/C=C\n1cnc(C2=CC(C(F)(F)F)CC(C(F)(F)F)=C2)n1)N1CC(c2ccccn2)C1. The van der Waals surface area contributed by atoms with E-state index in [0.29, 0.717) is 25.2 Å². The van der Waals surface area contributed by atoms with Gasteiger partial charge in [-0.1, -0.05) is 12.1 Å². The summed E-state index contributed by atoms with van der Waals surface area (Å²) in [6, 6.07) is 5.54. The molecular weight excluding hydrogens is 452 g/mol. The van der Waals surface area contributed by atoms with Crippen LogP contribution in [-0.2, 0) is 4.79 Å². The molecule has 1 atom stereocenters. The Kier molecular flexibility index (Phi) is 5.85. The van der Waals surface area contributed by atoms with E-state index in [1.807, 2.05) is 12.1 Å². The highest BCUT2D eigenvalue weighted by Crippen LogP contribution is 2.42. The summed E-state index contributed by atoms with van der Waals surface area (Å²) in [5, 5.41) is 3.90. The van der Waals surface area contributed by atoms with E-state index in [-0.39, 0.29) is 23.2 Å². The molecule has 0 saturated carbocycles. The normalized spacial score (nSPS) is 19.9. The maximum Gasteiger partial charge on any atom is 0.412 e. The molecule has 0 bridgehead atoms. The van der Waals surface area contributed by atoms with Crippen LogP contribution >= 0.6 is 0 Å². The molecule has 0 radical (unpaired) electrons. The van der Waals surface area contributed by atoms with Gasteiger partial charge in [0.15, 0.2) is 5.82 Å². The van der Waals surface area contributed by atoms with Gasteiger partial charge in [0.1, 0.15) is 6.33 Å². The van der Waals surface area contributed by atoms with Gasteiger partial charge in [-0.25, -0.2) is 9.67 Å². The zero-order valence-corrected chi connectivity index (χ0v) is 16.9. The van der Waals surface area contributed by atoms with Crippen LogP contribution in [0.5, 0.6) is 0 Å². The molecule has 12 heteroatoms. The second-order valence-electron chi connectivity index (χ2n) is 7.70. The third-order valence-corrected chi connectivity index (χ3v) is 5.37. The van der Waals surface area contributed by atoms with Gasteiger partial charge in [-0.2, -0.15) is 26.3 Å². The van der Waals surface area contributed by atoms with Crippen molar-refractivity contribution in [1.82, 2.24) is 24.6 Å². The lowest BCUT2D eigenvalue weighted by Crippen LogP contribution is -2.48. The van der Waals surface area contributed by atoms with Crippen molar-refractivity contribution >= 4 is 17.7 Å². The molecule has 0 aromatic carbocycles. The van der Waals surface area contributed by atoms with E-state index in [9.17, 15) is 31.1 Å². The highest BCUT2D eigenvalue weighted by atomic mass is 19.4. The Bertz CT molecular complexity index is 1110. The Balaban J connectivity index is 1.44. The topological polar surface area (TPSA) is 63.9 Å².